The van der Waals surface area contributed by atoms with Crippen LogP contribution in [0.2, 0.25) is 0 Å². The summed E-state index contributed by atoms with van der Waals surface area (Å²) in [5, 5.41) is 15.2. The molecule has 3 N–H and O–H groups in total. The van der Waals surface area contributed by atoms with Crippen molar-refractivity contribution < 1.29 is 14.7 Å². The molecule has 1 aliphatic carbocycles. The van der Waals surface area contributed by atoms with Gasteiger partial charge in [0.05, 0.1) is 0 Å². The van der Waals surface area contributed by atoms with Gasteiger partial charge in [0.25, 0.3) is 5.91 Å². The van der Waals surface area contributed by atoms with Crippen molar-refractivity contribution in [2.75, 3.05) is 11.9 Å². The Hall–Kier alpha value is -1.88. The summed E-state index contributed by atoms with van der Waals surface area (Å²) in [4.78, 5) is 23.5. The molecule has 2 atom stereocenters. The third-order valence-corrected chi connectivity index (χ3v) is 4.16. The lowest BCUT2D eigenvalue weighted by Crippen LogP contribution is -2.41. The molecule has 120 valence electrons. The Morgan fingerprint density at radius 3 is 2.73 bits per heavy atom. The lowest BCUT2D eigenvalue weighted by molar-refractivity contribution is -0.114. The molecule has 1 fully saturated rings. The fourth-order valence-corrected chi connectivity index (χ4v) is 2.99. The maximum atomic E-state index is 12.4. The maximum absolute atomic E-state index is 12.4. The molecular formula is C17H24N2O3. The molecule has 0 aliphatic heterocycles. The Balaban J connectivity index is 2.05. The number of aliphatic hydroxyl groups excluding tert-OH is 1. The third-order valence-electron chi connectivity index (χ3n) is 4.16. The van der Waals surface area contributed by atoms with Crippen molar-refractivity contribution in [1.29, 1.82) is 0 Å². The van der Waals surface area contributed by atoms with Crippen molar-refractivity contribution in [3.05, 3.63) is 29.8 Å². The predicted molar refractivity (Wildman–Crippen MR) is 85.7 cm³/mol. The second-order valence-corrected chi connectivity index (χ2v) is 5.92. The van der Waals surface area contributed by atoms with Gasteiger partial charge in [0.15, 0.2) is 0 Å². The molecule has 0 radical (unpaired) electrons. The van der Waals surface area contributed by atoms with Crippen LogP contribution in [0.4, 0.5) is 5.69 Å². The number of carbonyl (C=O) groups is 2. The normalized spacial score (nSPS) is 21.7. The van der Waals surface area contributed by atoms with Crippen LogP contribution >= 0.6 is 0 Å². The van der Waals surface area contributed by atoms with Gasteiger partial charge in [0, 0.05) is 36.7 Å². The minimum Gasteiger partial charge on any atom is -0.396 e. The smallest absolute Gasteiger partial charge is 0.251 e. The van der Waals surface area contributed by atoms with Crippen LogP contribution in [-0.2, 0) is 4.79 Å². The van der Waals surface area contributed by atoms with Crippen LogP contribution in [-0.4, -0.2) is 29.6 Å². The highest BCUT2D eigenvalue weighted by atomic mass is 16.3. The number of hydrogen-bond acceptors (Lipinski definition) is 3. The van der Waals surface area contributed by atoms with Gasteiger partial charge in [-0.15, -0.1) is 0 Å². The van der Waals surface area contributed by atoms with Crippen LogP contribution in [0.5, 0.6) is 0 Å². The number of benzene rings is 1. The number of carbonyl (C=O) groups excluding carboxylic acids is 2. The number of nitrogens with one attached hydrogen (secondary N) is 2. The van der Waals surface area contributed by atoms with Crippen molar-refractivity contribution >= 4 is 17.5 Å². The van der Waals surface area contributed by atoms with Crippen molar-refractivity contribution in [2.24, 2.45) is 5.92 Å². The average molecular weight is 304 g/mol. The van der Waals surface area contributed by atoms with E-state index in [0.717, 1.165) is 32.1 Å². The Morgan fingerprint density at radius 2 is 2.00 bits per heavy atom. The summed E-state index contributed by atoms with van der Waals surface area (Å²) in [5.74, 6) is -0.191. The van der Waals surface area contributed by atoms with Crippen LogP contribution in [0.15, 0.2) is 24.3 Å². The zero-order valence-electron chi connectivity index (χ0n) is 13.0. The maximum Gasteiger partial charge on any atom is 0.251 e. The first-order chi connectivity index (χ1) is 10.6. The van der Waals surface area contributed by atoms with Crippen LogP contribution in [0.3, 0.4) is 0 Å². The topological polar surface area (TPSA) is 78.4 Å². The second-order valence-electron chi connectivity index (χ2n) is 5.92. The number of hydrogen-bond donors (Lipinski definition) is 3. The van der Waals surface area contributed by atoms with Gasteiger partial charge >= 0.3 is 0 Å². The lowest BCUT2D eigenvalue weighted by Gasteiger charge is -2.24. The molecule has 1 aromatic carbocycles. The van der Waals surface area contributed by atoms with Gasteiger partial charge in [0.1, 0.15) is 0 Å². The minimum absolute atomic E-state index is 0.0180. The fourth-order valence-electron chi connectivity index (χ4n) is 2.99. The predicted octanol–water partition coefficient (Wildman–Crippen LogP) is 2.32. The number of aliphatic hydroxyl groups is 1. The van der Waals surface area contributed by atoms with Crippen LogP contribution in [0.1, 0.15) is 49.4 Å². The highest BCUT2D eigenvalue weighted by Gasteiger charge is 2.24. The van der Waals surface area contributed by atoms with Gasteiger partial charge in [0.2, 0.25) is 5.91 Å². The van der Waals surface area contributed by atoms with E-state index in [1.807, 2.05) is 0 Å². The highest BCUT2D eigenvalue weighted by Crippen LogP contribution is 2.23. The van der Waals surface area contributed by atoms with Crippen molar-refractivity contribution in [1.82, 2.24) is 5.32 Å². The third kappa shape index (κ3) is 4.56. The first-order valence-electron chi connectivity index (χ1n) is 7.89. The van der Waals surface area contributed by atoms with Crippen LogP contribution < -0.4 is 10.6 Å². The molecular weight excluding hydrogens is 280 g/mol. The van der Waals surface area contributed by atoms with Gasteiger partial charge in [-0.3, -0.25) is 9.59 Å². The Bertz CT molecular complexity index is 530. The van der Waals surface area contributed by atoms with E-state index in [2.05, 4.69) is 10.6 Å². The Labute approximate surface area is 131 Å². The summed E-state index contributed by atoms with van der Waals surface area (Å²) in [7, 11) is 0. The molecule has 0 bridgehead atoms. The number of amides is 2. The van der Waals surface area contributed by atoms with Crippen molar-refractivity contribution in [2.45, 2.75) is 45.1 Å². The zero-order chi connectivity index (χ0) is 15.9. The molecule has 1 saturated carbocycles. The van der Waals surface area contributed by atoms with Gasteiger partial charge in [-0.25, -0.2) is 0 Å². The summed E-state index contributed by atoms with van der Waals surface area (Å²) in [6, 6.07) is 6.91. The number of rotatable bonds is 4. The summed E-state index contributed by atoms with van der Waals surface area (Å²) in [6.45, 7) is 1.54. The number of anilines is 1. The van der Waals surface area contributed by atoms with Gasteiger partial charge in [-0.05, 0) is 31.0 Å². The van der Waals surface area contributed by atoms with Crippen molar-refractivity contribution in [3.8, 4) is 0 Å². The molecule has 22 heavy (non-hydrogen) atoms. The van der Waals surface area contributed by atoms with E-state index in [-0.39, 0.29) is 30.4 Å². The van der Waals surface area contributed by atoms with E-state index in [1.54, 1.807) is 24.3 Å². The second kappa shape index (κ2) is 7.94. The molecule has 0 aromatic heterocycles. The molecule has 5 nitrogen and oxygen atoms in total. The molecule has 0 spiro atoms. The van der Waals surface area contributed by atoms with E-state index in [0.29, 0.717) is 11.3 Å². The molecule has 1 aliphatic rings. The van der Waals surface area contributed by atoms with Crippen molar-refractivity contribution in [3.63, 3.8) is 0 Å². The molecule has 0 saturated heterocycles. The minimum atomic E-state index is -0.165. The molecule has 2 amide bonds. The van der Waals surface area contributed by atoms with Crippen LogP contribution in [0.25, 0.3) is 0 Å². The molecule has 2 unspecified atom stereocenters. The van der Waals surface area contributed by atoms with E-state index in [9.17, 15) is 14.7 Å². The van der Waals surface area contributed by atoms with E-state index in [4.69, 9.17) is 0 Å². The Kier molecular flexibility index (Phi) is 5.95. The van der Waals surface area contributed by atoms with Gasteiger partial charge in [-0.1, -0.05) is 25.3 Å². The van der Waals surface area contributed by atoms with E-state index in [1.165, 1.54) is 6.92 Å². The van der Waals surface area contributed by atoms with E-state index >= 15 is 0 Å². The largest absolute Gasteiger partial charge is 0.396 e. The summed E-state index contributed by atoms with van der Waals surface area (Å²) in [6.07, 6.45) is 5.19. The van der Waals surface area contributed by atoms with Crippen LogP contribution in [0, 0.1) is 5.92 Å². The zero-order valence-corrected chi connectivity index (χ0v) is 13.0. The lowest BCUT2D eigenvalue weighted by atomic mass is 9.95. The molecule has 5 heteroatoms. The Morgan fingerprint density at radius 1 is 1.23 bits per heavy atom. The summed E-state index contributed by atoms with van der Waals surface area (Å²) in [5.41, 5.74) is 1.13. The summed E-state index contributed by atoms with van der Waals surface area (Å²) < 4.78 is 0. The molecule has 0 heterocycles. The average Bonchev–Trinajstić information content (AvgIpc) is 2.71. The van der Waals surface area contributed by atoms with Gasteiger partial charge in [-0.2, -0.15) is 0 Å². The molecule has 2 rings (SSSR count). The van der Waals surface area contributed by atoms with Gasteiger partial charge < -0.3 is 15.7 Å². The first-order valence-corrected chi connectivity index (χ1v) is 7.89. The summed E-state index contributed by atoms with van der Waals surface area (Å²) >= 11 is 0. The first kappa shape index (κ1) is 16.5. The van der Waals surface area contributed by atoms with E-state index < -0.39 is 0 Å². The standard InChI is InChI=1S/C17H24N2O3/c1-12(21)18-15-8-5-7-13(10-15)17(22)19-16-9-4-2-3-6-14(16)11-20/h5,7-8,10,14,16,20H,2-4,6,9,11H2,1H3,(H,18,21)(H,19,22). The fraction of sp³-hybridized carbons (Fsp3) is 0.529. The molecule has 1 aromatic rings. The quantitative estimate of drug-likeness (QED) is 0.747. The highest BCUT2D eigenvalue weighted by molar-refractivity contribution is 5.96. The monoisotopic (exact) mass is 304 g/mol. The SMILES string of the molecule is CC(=O)Nc1cccc(C(=O)NC2CCCCCC2CO)c1.